The van der Waals surface area contributed by atoms with Crippen molar-refractivity contribution in [3.05, 3.63) is 39.4 Å². The molecule has 1 atom stereocenters. The maximum atomic E-state index is 12.2. The molecule has 1 aliphatic rings. The van der Waals surface area contributed by atoms with Gasteiger partial charge < -0.3 is 10.6 Å². The first kappa shape index (κ1) is 13.5. The van der Waals surface area contributed by atoms with E-state index in [4.69, 9.17) is 0 Å². The smallest absolute Gasteiger partial charge is 0.282 e. The van der Waals surface area contributed by atoms with Crippen LogP contribution in [-0.2, 0) is 0 Å². The second kappa shape index (κ2) is 4.97. The number of aryl methyl sites for hydroxylation is 1. The molecule has 0 spiro atoms. The lowest BCUT2D eigenvalue weighted by molar-refractivity contribution is -0.385. The first-order valence-corrected chi connectivity index (χ1v) is 6.20. The monoisotopic (exact) mass is 263 g/mol. The van der Waals surface area contributed by atoms with Crippen molar-refractivity contribution < 1.29 is 9.72 Å². The largest absolute Gasteiger partial charge is 0.345 e. The Morgan fingerprint density at radius 2 is 2.26 bits per heavy atom. The van der Waals surface area contributed by atoms with Gasteiger partial charge in [-0.05, 0) is 38.4 Å². The van der Waals surface area contributed by atoms with Crippen LogP contribution in [0.2, 0.25) is 0 Å². The zero-order valence-electron chi connectivity index (χ0n) is 11.0. The van der Waals surface area contributed by atoms with Gasteiger partial charge in [0.15, 0.2) is 0 Å². The molecule has 1 unspecified atom stereocenters. The van der Waals surface area contributed by atoms with Crippen LogP contribution in [0.25, 0.3) is 0 Å². The number of nitrogens with one attached hydrogen (secondary N) is 2. The Balaban J connectivity index is 2.27. The van der Waals surface area contributed by atoms with Crippen molar-refractivity contribution in [2.75, 3.05) is 13.1 Å². The number of amides is 1. The van der Waals surface area contributed by atoms with E-state index in [1.165, 1.54) is 6.07 Å². The minimum Gasteiger partial charge on any atom is -0.345 e. The number of benzene rings is 1. The quantitative estimate of drug-likeness (QED) is 0.637. The summed E-state index contributed by atoms with van der Waals surface area (Å²) < 4.78 is 0. The number of nitro benzene ring substituents is 1. The van der Waals surface area contributed by atoms with Gasteiger partial charge in [0.25, 0.3) is 11.6 Å². The van der Waals surface area contributed by atoms with Crippen LogP contribution in [0.15, 0.2) is 18.2 Å². The van der Waals surface area contributed by atoms with Crippen LogP contribution in [0.1, 0.15) is 29.3 Å². The molecule has 102 valence electrons. The third-order valence-electron chi connectivity index (χ3n) is 3.38. The summed E-state index contributed by atoms with van der Waals surface area (Å²) in [6.45, 7) is 5.26. The minimum absolute atomic E-state index is 0.123. The molecule has 0 saturated carbocycles. The van der Waals surface area contributed by atoms with E-state index < -0.39 is 4.92 Å². The van der Waals surface area contributed by atoms with Gasteiger partial charge in [-0.15, -0.1) is 0 Å². The second-order valence-corrected chi connectivity index (χ2v) is 5.22. The highest BCUT2D eigenvalue weighted by molar-refractivity contribution is 5.98. The predicted octanol–water partition coefficient (Wildman–Crippen LogP) is 1.39. The van der Waals surface area contributed by atoms with Crippen molar-refractivity contribution in [3.8, 4) is 0 Å². The summed E-state index contributed by atoms with van der Waals surface area (Å²) in [6, 6.07) is 4.56. The standard InChI is InChI=1S/C13H17N3O3/c1-9-3-4-11(16(18)19)10(7-9)12(17)15-13(2)5-6-14-8-13/h3-4,7,14H,5-6,8H2,1-2H3,(H,15,17). The molecule has 1 saturated heterocycles. The van der Waals surface area contributed by atoms with Crippen molar-refractivity contribution >= 4 is 11.6 Å². The topological polar surface area (TPSA) is 84.3 Å². The highest BCUT2D eigenvalue weighted by atomic mass is 16.6. The lowest BCUT2D eigenvalue weighted by Crippen LogP contribution is -2.47. The van der Waals surface area contributed by atoms with Crippen molar-refractivity contribution in [2.45, 2.75) is 25.8 Å². The number of carbonyl (C=O) groups excluding carboxylic acids is 1. The lowest BCUT2D eigenvalue weighted by Gasteiger charge is -2.24. The van der Waals surface area contributed by atoms with Gasteiger partial charge in [0, 0.05) is 12.6 Å². The van der Waals surface area contributed by atoms with E-state index >= 15 is 0 Å². The molecule has 1 aromatic carbocycles. The summed E-state index contributed by atoms with van der Waals surface area (Å²) in [5.41, 5.74) is 0.454. The first-order chi connectivity index (χ1) is 8.91. The van der Waals surface area contributed by atoms with E-state index in [1.807, 2.05) is 6.92 Å². The molecule has 6 nitrogen and oxygen atoms in total. The van der Waals surface area contributed by atoms with E-state index in [9.17, 15) is 14.9 Å². The summed E-state index contributed by atoms with van der Waals surface area (Å²) in [4.78, 5) is 22.7. The molecule has 0 bridgehead atoms. The summed E-state index contributed by atoms with van der Waals surface area (Å²) in [6.07, 6.45) is 0.818. The van der Waals surface area contributed by atoms with Crippen LogP contribution in [0.4, 0.5) is 5.69 Å². The molecular formula is C13H17N3O3. The molecule has 6 heteroatoms. The molecule has 0 aromatic heterocycles. The van der Waals surface area contributed by atoms with Gasteiger partial charge in [-0.2, -0.15) is 0 Å². The van der Waals surface area contributed by atoms with E-state index in [0.29, 0.717) is 6.54 Å². The molecule has 1 fully saturated rings. The van der Waals surface area contributed by atoms with Crippen molar-refractivity contribution in [2.24, 2.45) is 0 Å². The fourth-order valence-electron chi connectivity index (χ4n) is 2.26. The number of carbonyl (C=O) groups is 1. The predicted molar refractivity (Wildman–Crippen MR) is 71.2 cm³/mol. The van der Waals surface area contributed by atoms with Gasteiger partial charge in [0.05, 0.1) is 10.5 Å². The van der Waals surface area contributed by atoms with Crippen LogP contribution in [0, 0.1) is 17.0 Å². The Morgan fingerprint density at radius 3 is 2.84 bits per heavy atom. The van der Waals surface area contributed by atoms with Crippen LogP contribution in [0.5, 0.6) is 0 Å². The Labute approximate surface area is 111 Å². The number of nitro groups is 1. The Hall–Kier alpha value is -1.95. The highest BCUT2D eigenvalue weighted by Crippen LogP contribution is 2.22. The average Bonchev–Trinajstić information content (AvgIpc) is 2.75. The fourth-order valence-corrected chi connectivity index (χ4v) is 2.26. The molecule has 1 amide bonds. The summed E-state index contributed by atoms with van der Waals surface area (Å²) in [5, 5.41) is 17.0. The second-order valence-electron chi connectivity index (χ2n) is 5.22. The van der Waals surface area contributed by atoms with Crippen molar-refractivity contribution in [1.82, 2.24) is 10.6 Å². The van der Waals surface area contributed by atoms with E-state index in [1.54, 1.807) is 19.1 Å². The molecule has 2 rings (SSSR count). The molecule has 0 radical (unpaired) electrons. The summed E-state index contributed by atoms with van der Waals surface area (Å²) >= 11 is 0. The maximum Gasteiger partial charge on any atom is 0.282 e. The van der Waals surface area contributed by atoms with Crippen LogP contribution in [-0.4, -0.2) is 29.5 Å². The highest BCUT2D eigenvalue weighted by Gasteiger charge is 2.32. The van der Waals surface area contributed by atoms with Gasteiger partial charge in [-0.3, -0.25) is 14.9 Å². The summed E-state index contributed by atoms with van der Waals surface area (Å²) in [7, 11) is 0. The van der Waals surface area contributed by atoms with E-state index in [0.717, 1.165) is 18.5 Å². The van der Waals surface area contributed by atoms with Crippen LogP contribution < -0.4 is 10.6 Å². The van der Waals surface area contributed by atoms with Gasteiger partial charge >= 0.3 is 0 Å². The number of rotatable bonds is 3. The molecule has 0 aliphatic carbocycles. The van der Waals surface area contributed by atoms with Crippen molar-refractivity contribution in [1.29, 1.82) is 0 Å². The van der Waals surface area contributed by atoms with Gasteiger partial charge in [0.2, 0.25) is 0 Å². The minimum atomic E-state index is -0.524. The molecule has 1 aromatic rings. The first-order valence-electron chi connectivity index (χ1n) is 6.20. The number of hydrogen-bond acceptors (Lipinski definition) is 4. The van der Waals surface area contributed by atoms with Gasteiger partial charge in [-0.1, -0.05) is 6.07 Å². The maximum absolute atomic E-state index is 12.2. The zero-order chi connectivity index (χ0) is 14.0. The zero-order valence-corrected chi connectivity index (χ0v) is 11.0. The Morgan fingerprint density at radius 1 is 1.53 bits per heavy atom. The number of hydrogen-bond donors (Lipinski definition) is 2. The van der Waals surface area contributed by atoms with Crippen LogP contribution in [0.3, 0.4) is 0 Å². The van der Waals surface area contributed by atoms with Crippen LogP contribution >= 0.6 is 0 Å². The lowest BCUT2D eigenvalue weighted by atomic mass is 10.00. The third kappa shape index (κ3) is 2.90. The molecule has 2 N–H and O–H groups in total. The van der Waals surface area contributed by atoms with Gasteiger partial charge in [-0.25, -0.2) is 0 Å². The third-order valence-corrected chi connectivity index (χ3v) is 3.38. The number of nitrogens with zero attached hydrogens (tertiary/aromatic N) is 1. The Bertz CT molecular complexity index is 522. The SMILES string of the molecule is Cc1ccc([N+](=O)[O-])c(C(=O)NC2(C)CCNC2)c1. The average molecular weight is 263 g/mol. The Kier molecular flexibility index (Phi) is 3.53. The normalized spacial score (nSPS) is 22.2. The van der Waals surface area contributed by atoms with E-state index in [-0.39, 0.29) is 22.7 Å². The summed E-state index contributed by atoms with van der Waals surface area (Å²) in [5.74, 6) is -0.387. The van der Waals surface area contributed by atoms with Gasteiger partial charge in [0.1, 0.15) is 5.56 Å². The molecule has 19 heavy (non-hydrogen) atoms. The fraction of sp³-hybridized carbons (Fsp3) is 0.462. The molecule has 1 heterocycles. The molecule has 1 aliphatic heterocycles. The van der Waals surface area contributed by atoms with E-state index in [2.05, 4.69) is 10.6 Å². The van der Waals surface area contributed by atoms with Crippen molar-refractivity contribution in [3.63, 3.8) is 0 Å². The molecular weight excluding hydrogens is 246 g/mol.